The Morgan fingerprint density at radius 3 is 2.89 bits per heavy atom. The fourth-order valence-electron chi connectivity index (χ4n) is 2.33. The number of nitrogens with one attached hydrogen (secondary N) is 1. The highest BCUT2D eigenvalue weighted by Gasteiger charge is 2.22. The maximum Gasteiger partial charge on any atom is 0.324 e. The lowest BCUT2D eigenvalue weighted by molar-refractivity contribution is 0.334. The van der Waals surface area contributed by atoms with Crippen molar-refractivity contribution in [3.8, 4) is 0 Å². The Morgan fingerprint density at radius 2 is 2.05 bits per heavy atom. The van der Waals surface area contributed by atoms with Gasteiger partial charge in [0.05, 0.1) is 13.2 Å². The van der Waals surface area contributed by atoms with E-state index in [1.807, 2.05) is 18.2 Å². The molecule has 0 spiro atoms. The third-order valence-corrected chi connectivity index (χ3v) is 3.33. The second-order valence-corrected chi connectivity index (χ2v) is 4.65. The molecular weight excluding hydrogens is 235 g/mol. The molecule has 1 heterocycles. The molecule has 19 heavy (non-hydrogen) atoms. The molecular formula is C15H13BN2O. The van der Waals surface area contributed by atoms with E-state index in [0.29, 0.717) is 12.3 Å². The Morgan fingerprint density at radius 1 is 1.21 bits per heavy atom. The van der Waals surface area contributed by atoms with Gasteiger partial charge in [-0.3, -0.25) is 0 Å². The fraction of sp³-hybridized carbons (Fsp3) is 0.133. The summed E-state index contributed by atoms with van der Waals surface area (Å²) < 4.78 is 5.60. The molecule has 3 nitrogen and oxygen atoms in total. The summed E-state index contributed by atoms with van der Waals surface area (Å²) in [4.78, 5) is 3.43. The first-order chi connectivity index (χ1) is 9.26. The molecule has 0 saturated carbocycles. The normalized spacial score (nSPS) is 12.9. The van der Waals surface area contributed by atoms with Crippen molar-refractivity contribution in [1.29, 1.82) is 0 Å². The highest BCUT2D eigenvalue weighted by atomic mass is 16.4. The van der Waals surface area contributed by atoms with E-state index in [4.69, 9.17) is 11.2 Å². The molecule has 1 aliphatic rings. The minimum Gasteiger partial charge on any atom is -0.427 e. The van der Waals surface area contributed by atoms with E-state index in [1.165, 1.54) is 11.0 Å². The van der Waals surface area contributed by atoms with E-state index < -0.39 is 0 Å². The number of hydrogen-bond acceptors (Lipinski definition) is 2. The van der Waals surface area contributed by atoms with E-state index >= 15 is 0 Å². The van der Waals surface area contributed by atoms with Gasteiger partial charge < -0.3 is 9.97 Å². The molecule has 0 aromatic heterocycles. The zero-order chi connectivity index (χ0) is 13.2. The number of rotatable bonds is 2. The van der Waals surface area contributed by atoms with E-state index in [2.05, 4.69) is 35.2 Å². The molecule has 4 heteroatoms. The van der Waals surface area contributed by atoms with E-state index in [0.717, 1.165) is 11.4 Å². The van der Waals surface area contributed by atoms with Crippen molar-refractivity contribution < 1.29 is 4.65 Å². The molecule has 1 N–H and O–H groups in total. The van der Waals surface area contributed by atoms with Crippen LogP contribution in [0.3, 0.4) is 0 Å². The van der Waals surface area contributed by atoms with Crippen molar-refractivity contribution in [2.24, 2.45) is 0 Å². The number of anilines is 2. The summed E-state index contributed by atoms with van der Waals surface area (Å²) in [5, 5.41) is 3.32. The Kier molecular flexibility index (Phi) is 2.98. The van der Waals surface area contributed by atoms with Crippen LogP contribution in [0.4, 0.5) is 17.1 Å². The van der Waals surface area contributed by atoms with Crippen LogP contribution >= 0.6 is 0 Å². The van der Waals surface area contributed by atoms with Gasteiger partial charge in [0.25, 0.3) is 0 Å². The summed E-state index contributed by atoms with van der Waals surface area (Å²) in [5.74, 6) is 0. The molecule has 0 saturated heterocycles. The third kappa shape index (κ3) is 2.33. The molecule has 3 rings (SSSR count). The first-order valence-corrected chi connectivity index (χ1v) is 6.25. The molecule has 0 atom stereocenters. The first-order valence-electron chi connectivity index (χ1n) is 6.25. The van der Waals surface area contributed by atoms with Crippen LogP contribution in [-0.4, -0.2) is 6.92 Å². The molecule has 0 fully saturated rings. The zero-order valence-corrected chi connectivity index (χ0v) is 10.7. The van der Waals surface area contributed by atoms with Gasteiger partial charge in [-0.15, -0.1) is 0 Å². The Balaban J connectivity index is 1.86. The Hall–Kier alpha value is -2.25. The minimum atomic E-state index is 0.189. The van der Waals surface area contributed by atoms with E-state index in [1.54, 1.807) is 6.07 Å². The van der Waals surface area contributed by atoms with Gasteiger partial charge >= 0.3 is 6.92 Å². The summed E-state index contributed by atoms with van der Waals surface area (Å²) >= 11 is 0. The SMILES string of the molecule is [C-]#[N+]c1cccc(Nc2ccc3c(c2)COB3C)c1. The molecule has 2 aromatic rings. The fourth-order valence-corrected chi connectivity index (χ4v) is 2.33. The lowest BCUT2D eigenvalue weighted by Crippen LogP contribution is -2.23. The van der Waals surface area contributed by atoms with Crippen molar-refractivity contribution in [3.63, 3.8) is 0 Å². The van der Waals surface area contributed by atoms with Crippen LogP contribution in [0.25, 0.3) is 4.85 Å². The Labute approximate surface area is 113 Å². The second-order valence-electron chi connectivity index (χ2n) is 4.65. The van der Waals surface area contributed by atoms with E-state index in [9.17, 15) is 0 Å². The lowest BCUT2D eigenvalue weighted by Gasteiger charge is -2.08. The number of fused-ring (bicyclic) bond motifs is 1. The van der Waals surface area contributed by atoms with Gasteiger partial charge in [-0.1, -0.05) is 25.0 Å². The molecule has 1 aliphatic heterocycles. The molecule has 0 radical (unpaired) electrons. The van der Waals surface area contributed by atoms with Crippen LogP contribution in [0, 0.1) is 6.57 Å². The van der Waals surface area contributed by atoms with Crippen molar-refractivity contribution in [2.45, 2.75) is 13.4 Å². The van der Waals surface area contributed by atoms with Crippen molar-refractivity contribution in [1.82, 2.24) is 0 Å². The van der Waals surface area contributed by atoms with Crippen LogP contribution in [0.5, 0.6) is 0 Å². The van der Waals surface area contributed by atoms with Crippen molar-refractivity contribution in [3.05, 3.63) is 59.4 Å². The number of hydrogen-bond donors (Lipinski definition) is 1. The van der Waals surface area contributed by atoms with Crippen LogP contribution in [0.2, 0.25) is 6.82 Å². The Bertz CT molecular complexity index is 663. The number of nitrogens with zero attached hydrogens (tertiary/aromatic N) is 1. The topological polar surface area (TPSA) is 25.6 Å². The van der Waals surface area contributed by atoms with Crippen LogP contribution in [0.1, 0.15) is 5.56 Å². The average molecular weight is 248 g/mol. The maximum absolute atomic E-state index is 7.02. The van der Waals surface area contributed by atoms with Crippen LogP contribution in [-0.2, 0) is 11.3 Å². The highest BCUT2D eigenvalue weighted by Crippen LogP contribution is 2.23. The van der Waals surface area contributed by atoms with Gasteiger partial charge in [0, 0.05) is 11.4 Å². The standard InChI is InChI=1S/C15H13BN2O/c1-16-15-7-6-14(8-11(15)10-19-16)18-13-5-3-4-12(9-13)17-2/h3-9,18H,10H2,1H3. The summed E-state index contributed by atoms with van der Waals surface area (Å²) in [6, 6.07) is 13.8. The van der Waals surface area contributed by atoms with Crippen LogP contribution in [0.15, 0.2) is 42.5 Å². The molecule has 2 aromatic carbocycles. The van der Waals surface area contributed by atoms with Gasteiger partial charge in [0.2, 0.25) is 0 Å². The van der Waals surface area contributed by atoms with Gasteiger partial charge in [-0.05, 0) is 35.3 Å². The summed E-state index contributed by atoms with van der Waals surface area (Å²) in [6.07, 6.45) is 0. The van der Waals surface area contributed by atoms with Gasteiger partial charge in [-0.2, -0.15) is 0 Å². The minimum absolute atomic E-state index is 0.189. The van der Waals surface area contributed by atoms with Gasteiger partial charge in [0.15, 0.2) is 5.69 Å². The maximum atomic E-state index is 7.02. The number of benzene rings is 2. The summed E-state index contributed by atoms with van der Waals surface area (Å²) in [5.41, 5.74) is 5.10. The smallest absolute Gasteiger partial charge is 0.324 e. The quantitative estimate of drug-likeness (QED) is 0.651. The molecule has 0 unspecified atom stereocenters. The molecule has 92 valence electrons. The predicted octanol–water partition coefficient (Wildman–Crippen LogP) is 3.34. The molecule has 0 amide bonds. The van der Waals surface area contributed by atoms with Crippen molar-refractivity contribution >= 4 is 29.4 Å². The monoisotopic (exact) mass is 248 g/mol. The third-order valence-electron chi connectivity index (χ3n) is 3.33. The molecule has 0 aliphatic carbocycles. The summed E-state index contributed by atoms with van der Waals surface area (Å²) in [7, 11) is 0. The summed E-state index contributed by atoms with van der Waals surface area (Å²) in [6.45, 7) is 9.95. The van der Waals surface area contributed by atoms with Crippen LogP contribution < -0.4 is 10.8 Å². The largest absolute Gasteiger partial charge is 0.427 e. The highest BCUT2D eigenvalue weighted by molar-refractivity contribution is 6.67. The second kappa shape index (κ2) is 4.79. The van der Waals surface area contributed by atoms with Gasteiger partial charge in [0.1, 0.15) is 0 Å². The lowest BCUT2D eigenvalue weighted by atomic mass is 9.64. The average Bonchev–Trinajstić information content (AvgIpc) is 2.80. The molecule has 0 bridgehead atoms. The van der Waals surface area contributed by atoms with E-state index in [-0.39, 0.29) is 6.92 Å². The zero-order valence-electron chi connectivity index (χ0n) is 10.7. The van der Waals surface area contributed by atoms with Crippen molar-refractivity contribution in [2.75, 3.05) is 5.32 Å². The van der Waals surface area contributed by atoms with Gasteiger partial charge in [-0.25, -0.2) is 4.85 Å². The predicted molar refractivity (Wildman–Crippen MR) is 78.5 cm³/mol. The first kappa shape index (κ1) is 11.8.